The third-order valence-corrected chi connectivity index (χ3v) is 6.10. The van der Waals surface area contributed by atoms with Crippen LogP contribution in [-0.2, 0) is 21.3 Å². The van der Waals surface area contributed by atoms with Gasteiger partial charge in [-0.2, -0.15) is 8.42 Å². The van der Waals surface area contributed by atoms with Gasteiger partial charge < -0.3 is 9.30 Å². The molecule has 130 valence electrons. The first-order chi connectivity index (χ1) is 12.0. The number of hydrogen-bond donors (Lipinski definition) is 0. The zero-order valence-corrected chi connectivity index (χ0v) is 15.3. The van der Waals surface area contributed by atoms with E-state index in [0.29, 0.717) is 16.9 Å². The normalized spacial score (nSPS) is 12.5. The van der Waals surface area contributed by atoms with Crippen molar-refractivity contribution in [2.24, 2.45) is 4.40 Å². The van der Waals surface area contributed by atoms with E-state index in [0.717, 1.165) is 10.2 Å². The van der Waals surface area contributed by atoms with Crippen molar-refractivity contribution < 1.29 is 17.9 Å². The van der Waals surface area contributed by atoms with Crippen molar-refractivity contribution >= 4 is 37.5 Å². The molecule has 0 aliphatic carbocycles. The Hall–Kier alpha value is -2.45. The van der Waals surface area contributed by atoms with Crippen LogP contribution >= 0.6 is 11.3 Å². The first-order valence-corrected chi connectivity index (χ1v) is 9.79. The molecular formula is C17H16N2O4S2. The maximum absolute atomic E-state index is 12.5. The standard InChI is InChI=1S/C17H16N2O4S2/c1-3-19-14-10-9-12(16(20)23-2)11-15(14)24-17(19)18-25(21,22)13-7-5-4-6-8-13/h4-11H,3H2,1-2H3. The number of methoxy groups -OCH3 is 1. The minimum absolute atomic E-state index is 0.144. The summed E-state index contributed by atoms with van der Waals surface area (Å²) < 4.78 is 36.3. The van der Waals surface area contributed by atoms with Gasteiger partial charge in [-0.05, 0) is 37.3 Å². The topological polar surface area (TPSA) is 77.7 Å². The summed E-state index contributed by atoms with van der Waals surface area (Å²) in [6, 6.07) is 13.2. The lowest BCUT2D eigenvalue weighted by Gasteiger charge is -2.02. The van der Waals surface area contributed by atoms with Gasteiger partial charge in [-0.25, -0.2) is 4.79 Å². The average molecular weight is 376 g/mol. The van der Waals surface area contributed by atoms with Gasteiger partial charge in [0, 0.05) is 6.54 Å². The summed E-state index contributed by atoms with van der Waals surface area (Å²) in [6.07, 6.45) is 0. The number of ether oxygens (including phenoxy) is 1. The predicted octanol–water partition coefficient (Wildman–Crippen LogP) is 2.80. The number of carbonyl (C=O) groups excluding carboxylic acids is 1. The van der Waals surface area contributed by atoms with Crippen LogP contribution in [0.4, 0.5) is 0 Å². The number of hydrogen-bond acceptors (Lipinski definition) is 5. The Morgan fingerprint density at radius 3 is 2.56 bits per heavy atom. The van der Waals surface area contributed by atoms with Crippen LogP contribution in [0.2, 0.25) is 0 Å². The van der Waals surface area contributed by atoms with Crippen LogP contribution < -0.4 is 4.80 Å². The van der Waals surface area contributed by atoms with Gasteiger partial charge in [0.05, 0.1) is 27.8 Å². The molecule has 3 aromatic rings. The van der Waals surface area contributed by atoms with Crippen LogP contribution in [-0.4, -0.2) is 26.1 Å². The average Bonchev–Trinajstić information content (AvgIpc) is 2.97. The van der Waals surface area contributed by atoms with Crippen LogP contribution in [0.3, 0.4) is 0 Å². The molecule has 0 radical (unpaired) electrons. The van der Waals surface area contributed by atoms with Crippen LogP contribution in [0.15, 0.2) is 57.8 Å². The zero-order chi connectivity index (χ0) is 18.0. The molecule has 1 aromatic heterocycles. The Labute approximate surface area is 149 Å². The second-order valence-corrected chi connectivity index (χ2v) is 7.80. The maximum atomic E-state index is 12.5. The molecule has 0 fully saturated rings. The third-order valence-electron chi connectivity index (χ3n) is 3.66. The second kappa shape index (κ2) is 6.81. The van der Waals surface area contributed by atoms with E-state index in [1.54, 1.807) is 36.4 Å². The molecule has 0 bridgehead atoms. The van der Waals surface area contributed by atoms with Crippen molar-refractivity contribution in [2.75, 3.05) is 7.11 Å². The molecule has 0 N–H and O–H groups in total. The molecule has 0 saturated heterocycles. The highest BCUT2D eigenvalue weighted by atomic mass is 32.2. The van der Waals surface area contributed by atoms with E-state index >= 15 is 0 Å². The highest BCUT2D eigenvalue weighted by Crippen LogP contribution is 2.20. The van der Waals surface area contributed by atoms with Crippen LogP contribution in [0, 0.1) is 0 Å². The molecular weight excluding hydrogens is 360 g/mol. The van der Waals surface area contributed by atoms with Gasteiger partial charge in [0.15, 0.2) is 0 Å². The molecule has 8 heteroatoms. The minimum atomic E-state index is -3.80. The molecule has 0 aliphatic rings. The molecule has 2 aromatic carbocycles. The van der Waals surface area contributed by atoms with E-state index in [1.807, 2.05) is 11.5 Å². The summed E-state index contributed by atoms with van der Waals surface area (Å²) in [6.45, 7) is 2.47. The number of benzene rings is 2. The molecule has 0 aliphatic heterocycles. The summed E-state index contributed by atoms with van der Waals surface area (Å²) in [5.41, 5.74) is 1.24. The number of aromatic nitrogens is 1. The van der Waals surface area contributed by atoms with Crippen molar-refractivity contribution in [3.63, 3.8) is 0 Å². The van der Waals surface area contributed by atoms with Crippen molar-refractivity contribution in [1.29, 1.82) is 0 Å². The number of thiazole rings is 1. The Kier molecular flexibility index (Phi) is 4.73. The summed E-state index contributed by atoms with van der Waals surface area (Å²) in [7, 11) is -2.48. The summed E-state index contributed by atoms with van der Waals surface area (Å²) >= 11 is 1.22. The first kappa shape index (κ1) is 17.4. The van der Waals surface area contributed by atoms with Crippen molar-refractivity contribution in [3.05, 3.63) is 58.9 Å². The Bertz CT molecular complexity index is 1100. The number of esters is 1. The largest absolute Gasteiger partial charge is 0.465 e. The van der Waals surface area contributed by atoms with Crippen LogP contribution in [0.1, 0.15) is 17.3 Å². The zero-order valence-electron chi connectivity index (χ0n) is 13.7. The van der Waals surface area contributed by atoms with Crippen LogP contribution in [0.25, 0.3) is 10.2 Å². The molecule has 0 saturated carbocycles. The molecule has 1 heterocycles. The second-order valence-electron chi connectivity index (χ2n) is 5.18. The molecule has 0 amide bonds. The number of rotatable bonds is 4. The fourth-order valence-corrected chi connectivity index (χ4v) is 4.80. The Balaban J connectivity index is 2.21. The summed E-state index contributed by atoms with van der Waals surface area (Å²) in [5, 5.41) is 0. The smallest absolute Gasteiger partial charge is 0.337 e. The number of carbonyl (C=O) groups is 1. The van der Waals surface area contributed by atoms with E-state index in [-0.39, 0.29) is 4.90 Å². The van der Waals surface area contributed by atoms with Gasteiger partial charge in [-0.3, -0.25) is 0 Å². The van der Waals surface area contributed by atoms with E-state index < -0.39 is 16.0 Å². The molecule has 6 nitrogen and oxygen atoms in total. The molecule has 3 rings (SSSR count). The van der Waals surface area contributed by atoms with Crippen molar-refractivity contribution in [3.8, 4) is 0 Å². The number of nitrogens with zero attached hydrogens (tertiary/aromatic N) is 2. The number of aryl methyl sites for hydroxylation is 1. The molecule has 0 unspecified atom stereocenters. The lowest BCUT2D eigenvalue weighted by molar-refractivity contribution is 0.0601. The highest BCUT2D eigenvalue weighted by Gasteiger charge is 2.15. The number of fused-ring (bicyclic) bond motifs is 1. The van der Waals surface area contributed by atoms with Gasteiger partial charge >= 0.3 is 5.97 Å². The maximum Gasteiger partial charge on any atom is 0.337 e. The number of sulfonamides is 1. The molecule has 0 atom stereocenters. The summed E-state index contributed by atoms with van der Waals surface area (Å²) in [5.74, 6) is -0.436. The Morgan fingerprint density at radius 2 is 1.92 bits per heavy atom. The minimum Gasteiger partial charge on any atom is -0.465 e. The predicted molar refractivity (Wildman–Crippen MR) is 96.0 cm³/mol. The van der Waals surface area contributed by atoms with Crippen molar-refractivity contribution in [1.82, 2.24) is 4.57 Å². The lowest BCUT2D eigenvalue weighted by atomic mass is 10.2. The van der Waals surface area contributed by atoms with Gasteiger partial charge in [0.25, 0.3) is 10.0 Å². The fraction of sp³-hybridized carbons (Fsp3) is 0.176. The highest BCUT2D eigenvalue weighted by molar-refractivity contribution is 7.90. The monoisotopic (exact) mass is 376 g/mol. The van der Waals surface area contributed by atoms with Gasteiger partial charge in [-0.1, -0.05) is 29.5 Å². The Morgan fingerprint density at radius 1 is 1.20 bits per heavy atom. The van der Waals surface area contributed by atoms with E-state index in [1.165, 1.54) is 30.6 Å². The van der Waals surface area contributed by atoms with Gasteiger partial charge in [0.2, 0.25) is 4.80 Å². The lowest BCUT2D eigenvalue weighted by Crippen LogP contribution is -2.16. The van der Waals surface area contributed by atoms with E-state index in [9.17, 15) is 13.2 Å². The van der Waals surface area contributed by atoms with Crippen LogP contribution in [0.5, 0.6) is 0 Å². The SMILES string of the molecule is CCn1c(=NS(=O)(=O)c2ccccc2)sc2cc(C(=O)OC)ccc21. The van der Waals surface area contributed by atoms with E-state index in [4.69, 9.17) is 4.74 Å². The van der Waals surface area contributed by atoms with Gasteiger partial charge in [0.1, 0.15) is 0 Å². The van der Waals surface area contributed by atoms with Crippen molar-refractivity contribution in [2.45, 2.75) is 18.4 Å². The fourth-order valence-electron chi connectivity index (χ4n) is 2.44. The van der Waals surface area contributed by atoms with E-state index in [2.05, 4.69) is 4.40 Å². The molecule has 0 spiro atoms. The summed E-state index contributed by atoms with van der Waals surface area (Å²) in [4.78, 5) is 12.2. The van der Waals surface area contributed by atoms with Gasteiger partial charge in [-0.15, -0.1) is 4.40 Å². The molecule has 25 heavy (non-hydrogen) atoms. The quantitative estimate of drug-likeness (QED) is 0.656. The third kappa shape index (κ3) is 3.35. The first-order valence-electron chi connectivity index (χ1n) is 7.54.